The number of epoxide rings is 2. The van der Waals surface area contributed by atoms with Crippen LogP contribution in [0, 0.1) is 17.3 Å². The highest BCUT2D eigenvalue weighted by molar-refractivity contribution is 5.92. The highest BCUT2D eigenvalue weighted by atomic mass is 16.7. The van der Waals surface area contributed by atoms with E-state index in [1.807, 2.05) is 0 Å². The first-order chi connectivity index (χ1) is 12.4. The molecule has 6 aliphatic rings. The van der Waals surface area contributed by atoms with E-state index >= 15 is 0 Å². The van der Waals surface area contributed by atoms with E-state index < -0.39 is 0 Å². The summed E-state index contributed by atoms with van der Waals surface area (Å²) >= 11 is 0. The lowest BCUT2D eigenvalue weighted by Crippen LogP contribution is -2.58. The Morgan fingerprint density at radius 2 is 2.12 bits per heavy atom. The molecule has 1 spiro atoms. The highest BCUT2D eigenvalue weighted by Gasteiger charge is 2.82. The maximum Gasteiger partial charge on any atom is 0.334 e. The van der Waals surface area contributed by atoms with Crippen molar-refractivity contribution in [3.05, 3.63) is 22.8 Å². The number of esters is 1. The predicted molar refractivity (Wildman–Crippen MR) is 92.4 cm³/mol. The fourth-order valence-corrected chi connectivity index (χ4v) is 6.88. The van der Waals surface area contributed by atoms with E-state index in [1.165, 1.54) is 11.1 Å². The number of fused-ring (bicyclic) bond motifs is 4. The minimum absolute atomic E-state index is 0.00825. The quantitative estimate of drug-likeness (QED) is 0.431. The third-order valence-corrected chi connectivity index (χ3v) is 8.30. The Morgan fingerprint density at radius 1 is 1.31 bits per heavy atom. The molecule has 5 nitrogen and oxygen atoms in total. The topological polar surface area (TPSA) is 60.6 Å². The van der Waals surface area contributed by atoms with E-state index in [4.69, 9.17) is 18.9 Å². The first-order valence-electron chi connectivity index (χ1n) is 9.90. The number of cyclic esters (lactones) is 1. The van der Waals surface area contributed by atoms with Crippen LogP contribution < -0.4 is 0 Å². The molecule has 0 bridgehead atoms. The van der Waals surface area contributed by atoms with Crippen LogP contribution in [0.5, 0.6) is 0 Å². The first kappa shape index (κ1) is 15.8. The van der Waals surface area contributed by atoms with E-state index in [1.54, 1.807) is 7.11 Å². The molecule has 6 rings (SSSR count). The van der Waals surface area contributed by atoms with Crippen molar-refractivity contribution < 1.29 is 23.7 Å². The minimum atomic E-state index is -0.335. The Balaban J connectivity index is 1.49. The molecular weight excluding hydrogens is 332 g/mol. The van der Waals surface area contributed by atoms with Gasteiger partial charge < -0.3 is 18.9 Å². The fraction of sp³-hybridized carbons (Fsp3) is 0.762. The largest absolute Gasteiger partial charge is 0.458 e. The lowest BCUT2D eigenvalue weighted by molar-refractivity contribution is -0.136. The Labute approximate surface area is 153 Å². The third-order valence-electron chi connectivity index (χ3n) is 8.30. The van der Waals surface area contributed by atoms with Crippen LogP contribution in [0.1, 0.15) is 40.0 Å². The number of rotatable bonds is 2. The molecule has 0 radical (unpaired) electrons. The highest BCUT2D eigenvalue weighted by Crippen LogP contribution is 2.72. The molecule has 3 heterocycles. The average molecular weight is 358 g/mol. The summed E-state index contributed by atoms with van der Waals surface area (Å²) in [4.78, 5) is 12.1. The zero-order valence-electron chi connectivity index (χ0n) is 15.8. The average Bonchev–Trinajstić information content (AvgIpc) is 3.47. The summed E-state index contributed by atoms with van der Waals surface area (Å²) in [5.74, 6) is 0.598. The maximum atomic E-state index is 12.1. The number of ether oxygens (including phenoxy) is 4. The van der Waals surface area contributed by atoms with Gasteiger partial charge in [-0.05, 0) is 47.7 Å². The third kappa shape index (κ3) is 1.48. The molecule has 1 saturated carbocycles. The van der Waals surface area contributed by atoms with E-state index in [-0.39, 0.29) is 40.9 Å². The molecule has 2 saturated heterocycles. The summed E-state index contributed by atoms with van der Waals surface area (Å²) in [5, 5.41) is 0. The molecular formula is C21H26O5. The summed E-state index contributed by atoms with van der Waals surface area (Å²) in [6, 6.07) is 0. The second kappa shape index (κ2) is 4.45. The fourth-order valence-electron chi connectivity index (χ4n) is 6.88. The molecule has 7 atom stereocenters. The van der Waals surface area contributed by atoms with Gasteiger partial charge in [0.05, 0.1) is 6.10 Å². The van der Waals surface area contributed by atoms with Gasteiger partial charge in [0.25, 0.3) is 0 Å². The van der Waals surface area contributed by atoms with Crippen LogP contribution in [-0.4, -0.2) is 49.2 Å². The molecule has 0 aromatic carbocycles. The summed E-state index contributed by atoms with van der Waals surface area (Å²) in [7, 11) is 1.80. The Hall–Kier alpha value is -1.17. The van der Waals surface area contributed by atoms with E-state index in [9.17, 15) is 4.79 Å². The molecule has 0 aromatic heterocycles. The second-order valence-corrected chi connectivity index (χ2v) is 9.43. The van der Waals surface area contributed by atoms with Crippen LogP contribution in [-0.2, 0) is 23.7 Å². The van der Waals surface area contributed by atoms with E-state index in [2.05, 4.69) is 26.8 Å². The summed E-state index contributed by atoms with van der Waals surface area (Å²) in [5.41, 5.74) is 2.93. The summed E-state index contributed by atoms with van der Waals surface area (Å²) in [6.07, 6.45) is 5.28. The number of hydrogen-bond acceptors (Lipinski definition) is 5. The number of carbonyl (C=O) groups excluding carboxylic acids is 1. The molecule has 0 N–H and O–H groups in total. The van der Waals surface area contributed by atoms with Gasteiger partial charge in [0.1, 0.15) is 30.0 Å². The van der Waals surface area contributed by atoms with Crippen molar-refractivity contribution in [1.29, 1.82) is 0 Å². The van der Waals surface area contributed by atoms with Gasteiger partial charge >= 0.3 is 5.97 Å². The molecule has 3 aliphatic carbocycles. The standard InChI is InChI=1S/C21H26O5/c1-10(2)20-16(25-20)8-14-19(3)6-5-11-12(9-24-17(11)22)13(19)7-15-21(14,26-15)18(20)23-4/h8,10,13,15-16,18H,5-7,9H2,1-4H3. The van der Waals surface area contributed by atoms with Crippen molar-refractivity contribution in [3.63, 3.8) is 0 Å². The monoisotopic (exact) mass is 358 g/mol. The molecule has 26 heavy (non-hydrogen) atoms. The van der Waals surface area contributed by atoms with Gasteiger partial charge in [-0.2, -0.15) is 0 Å². The zero-order chi connectivity index (χ0) is 18.1. The van der Waals surface area contributed by atoms with Crippen molar-refractivity contribution in [2.45, 2.75) is 69.5 Å². The Kier molecular flexibility index (Phi) is 2.71. The van der Waals surface area contributed by atoms with Gasteiger partial charge in [-0.1, -0.05) is 26.8 Å². The van der Waals surface area contributed by atoms with Crippen molar-refractivity contribution >= 4 is 5.97 Å². The van der Waals surface area contributed by atoms with Crippen LogP contribution in [0.2, 0.25) is 0 Å². The van der Waals surface area contributed by atoms with E-state index in [0.29, 0.717) is 18.4 Å². The molecule has 0 amide bonds. The normalized spacial score (nSPS) is 53.1. The van der Waals surface area contributed by atoms with Gasteiger partial charge in [-0.3, -0.25) is 0 Å². The van der Waals surface area contributed by atoms with Gasteiger partial charge in [0.2, 0.25) is 0 Å². The van der Waals surface area contributed by atoms with Gasteiger partial charge in [0.15, 0.2) is 0 Å². The molecule has 3 fully saturated rings. The van der Waals surface area contributed by atoms with E-state index in [0.717, 1.165) is 24.8 Å². The predicted octanol–water partition coefficient (Wildman–Crippen LogP) is 2.55. The van der Waals surface area contributed by atoms with Gasteiger partial charge in [0, 0.05) is 12.7 Å². The molecule has 5 heteroatoms. The molecule has 140 valence electrons. The smallest absolute Gasteiger partial charge is 0.334 e. The summed E-state index contributed by atoms with van der Waals surface area (Å²) in [6.45, 7) is 7.25. The number of hydrogen-bond donors (Lipinski definition) is 0. The van der Waals surface area contributed by atoms with Crippen molar-refractivity contribution in [2.75, 3.05) is 13.7 Å². The molecule has 7 unspecified atom stereocenters. The number of methoxy groups -OCH3 is 1. The van der Waals surface area contributed by atoms with Crippen LogP contribution in [0.3, 0.4) is 0 Å². The Bertz CT molecular complexity index is 796. The van der Waals surface area contributed by atoms with Crippen molar-refractivity contribution in [1.82, 2.24) is 0 Å². The van der Waals surface area contributed by atoms with Crippen molar-refractivity contribution in [3.8, 4) is 0 Å². The Morgan fingerprint density at radius 3 is 2.85 bits per heavy atom. The van der Waals surface area contributed by atoms with Crippen LogP contribution >= 0.6 is 0 Å². The minimum Gasteiger partial charge on any atom is -0.458 e. The molecule has 0 aromatic rings. The van der Waals surface area contributed by atoms with Crippen molar-refractivity contribution in [2.24, 2.45) is 17.3 Å². The van der Waals surface area contributed by atoms with Crippen LogP contribution in [0.15, 0.2) is 22.8 Å². The van der Waals surface area contributed by atoms with Crippen LogP contribution in [0.25, 0.3) is 0 Å². The summed E-state index contributed by atoms with van der Waals surface area (Å²) < 4.78 is 24.2. The molecule has 3 aliphatic heterocycles. The zero-order valence-corrected chi connectivity index (χ0v) is 15.8. The lowest BCUT2D eigenvalue weighted by Gasteiger charge is -2.51. The SMILES string of the molecule is COC1C23OC2CC2C4=C(CCC2(C)C3=CC2OC21C(C)C)C(=O)OC4. The number of carbonyl (C=O) groups is 1. The first-order valence-corrected chi connectivity index (χ1v) is 9.90. The van der Waals surface area contributed by atoms with Crippen LogP contribution in [0.4, 0.5) is 0 Å². The van der Waals surface area contributed by atoms with Gasteiger partial charge in [-0.25, -0.2) is 4.79 Å². The lowest BCUT2D eigenvalue weighted by atomic mass is 9.51. The maximum absolute atomic E-state index is 12.1. The second-order valence-electron chi connectivity index (χ2n) is 9.43. The van der Waals surface area contributed by atoms with Gasteiger partial charge in [-0.15, -0.1) is 0 Å².